The molecular weight excluding hydrogens is 282 g/mol. The fourth-order valence-electron chi connectivity index (χ4n) is 2.04. The Kier molecular flexibility index (Phi) is 5.16. The second-order valence-electron chi connectivity index (χ2n) is 5.31. The molecule has 6 heteroatoms. The fraction of sp³-hybridized carbons (Fsp3) is 0.375. The van der Waals surface area contributed by atoms with Crippen LogP contribution in [0.1, 0.15) is 35.8 Å². The molecule has 2 rings (SSSR count). The van der Waals surface area contributed by atoms with E-state index in [1.807, 2.05) is 24.3 Å². The van der Waals surface area contributed by atoms with E-state index in [2.05, 4.69) is 24.3 Å². The summed E-state index contributed by atoms with van der Waals surface area (Å²) in [4.78, 5) is 12.0. The number of hydrogen-bond donors (Lipinski definition) is 2. The maximum absolute atomic E-state index is 12.0. The first-order chi connectivity index (χ1) is 10.5. The maximum Gasteiger partial charge on any atom is 0.275 e. The van der Waals surface area contributed by atoms with Crippen LogP contribution in [0, 0.1) is 0 Å². The predicted molar refractivity (Wildman–Crippen MR) is 83.5 cm³/mol. The van der Waals surface area contributed by atoms with Crippen LogP contribution in [0.5, 0.6) is 5.75 Å². The molecule has 0 aliphatic rings. The van der Waals surface area contributed by atoms with Crippen molar-refractivity contribution in [1.82, 2.24) is 15.1 Å². The third-order valence-corrected chi connectivity index (χ3v) is 3.30. The summed E-state index contributed by atoms with van der Waals surface area (Å²) >= 11 is 0. The van der Waals surface area contributed by atoms with E-state index in [-0.39, 0.29) is 11.4 Å². The van der Waals surface area contributed by atoms with Crippen LogP contribution in [-0.2, 0) is 4.74 Å². The Balaban J connectivity index is 2.22. The molecule has 0 saturated heterocycles. The van der Waals surface area contributed by atoms with Crippen LogP contribution >= 0.6 is 0 Å². The Morgan fingerprint density at radius 3 is 2.91 bits per heavy atom. The zero-order valence-electron chi connectivity index (χ0n) is 13.0. The number of nitrogens with zero attached hydrogens (tertiary/aromatic N) is 2. The highest BCUT2D eigenvalue weighted by molar-refractivity contribution is 5.94. The normalized spacial score (nSPS) is 10.9. The van der Waals surface area contributed by atoms with E-state index >= 15 is 0 Å². The van der Waals surface area contributed by atoms with Crippen molar-refractivity contribution in [2.24, 2.45) is 0 Å². The molecule has 0 aliphatic carbocycles. The monoisotopic (exact) mass is 303 g/mol. The summed E-state index contributed by atoms with van der Waals surface area (Å²) in [5.41, 5.74) is 1.97. The second kappa shape index (κ2) is 7.09. The molecule has 1 heterocycles. The van der Waals surface area contributed by atoms with Gasteiger partial charge in [-0.25, -0.2) is 4.68 Å². The molecule has 22 heavy (non-hydrogen) atoms. The minimum absolute atomic E-state index is 0.00560. The van der Waals surface area contributed by atoms with Gasteiger partial charge in [0.05, 0.1) is 18.5 Å². The van der Waals surface area contributed by atoms with Gasteiger partial charge in [-0.3, -0.25) is 4.79 Å². The molecule has 1 aromatic heterocycles. The highest BCUT2D eigenvalue weighted by Crippen LogP contribution is 2.21. The molecule has 0 atom stereocenters. The van der Waals surface area contributed by atoms with Crippen LogP contribution in [0.3, 0.4) is 0 Å². The minimum Gasteiger partial charge on any atom is -0.504 e. The number of carbonyl (C=O) groups is 1. The summed E-state index contributed by atoms with van der Waals surface area (Å²) in [6, 6.07) is 7.84. The van der Waals surface area contributed by atoms with E-state index in [9.17, 15) is 9.90 Å². The molecule has 0 bridgehead atoms. The highest BCUT2D eigenvalue weighted by Gasteiger charge is 2.16. The standard InChI is InChI=1S/C16H21N3O3/c1-11(2)12-5-4-6-13(9-12)19-10-14(20)15(18-19)16(21)17-7-8-22-3/h4-6,9-11,20H,7-8H2,1-3H3,(H,17,21). The number of rotatable bonds is 6. The molecular formula is C16H21N3O3. The number of carbonyl (C=O) groups excluding carboxylic acids is 1. The first-order valence-corrected chi connectivity index (χ1v) is 7.19. The Hall–Kier alpha value is -2.34. The van der Waals surface area contributed by atoms with E-state index in [0.29, 0.717) is 19.1 Å². The van der Waals surface area contributed by atoms with Crippen molar-refractivity contribution in [2.45, 2.75) is 19.8 Å². The van der Waals surface area contributed by atoms with Crippen molar-refractivity contribution < 1.29 is 14.6 Å². The molecule has 0 unspecified atom stereocenters. The quantitative estimate of drug-likeness (QED) is 0.801. The number of amides is 1. The molecule has 6 nitrogen and oxygen atoms in total. The first-order valence-electron chi connectivity index (χ1n) is 7.19. The molecule has 1 amide bonds. The van der Waals surface area contributed by atoms with Gasteiger partial charge >= 0.3 is 0 Å². The molecule has 118 valence electrons. The van der Waals surface area contributed by atoms with Gasteiger partial charge in [0.25, 0.3) is 5.91 Å². The van der Waals surface area contributed by atoms with E-state index in [4.69, 9.17) is 4.74 Å². The smallest absolute Gasteiger partial charge is 0.275 e. The SMILES string of the molecule is COCCNC(=O)c1nn(-c2cccc(C(C)C)c2)cc1O. The summed E-state index contributed by atoms with van der Waals surface area (Å²) < 4.78 is 6.37. The van der Waals surface area contributed by atoms with Gasteiger partial charge in [-0.1, -0.05) is 26.0 Å². The van der Waals surface area contributed by atoms with Crippen LogP contribution in [-0.4, -0.2) is 41.1 Å². The number of nitrogens with one attached hydrogen (secondary N) is 1. The van der Waals surface area contributed by atoms with Gasteiger partial charge in [0.15, 0.2) is 11.4 Å². The van der Waals surface area contributed by atoms with Crippen LogP contribution in [0.2, 0.25) is 0 Å². The lowest BCUT2D eigenvalue weighted by molar-refractivity contribution is 0.0929. The molecule has 0 radical (unpaired) electrons. The molecule has 0 fully saturated rings. The van der Waals surface area contributed by atoms with Crippen LogP contribution in [0.25, 0.3) is 5.69 Å². The molecule has 0 spiro atoms. The number of hydrogen-bond acceptors (Lipinski definition) is 4. The Morgan fingerprint density at radius 2 is 2.23 bits per heavy atom. The van der Waals surface area contributed by atoms with Crippen molar-refractivity contribution >= 4 is 5.91 Å². The van der Waals surface area contributed by atoms with Gasteiger partial charge in [-0.05, 0) is 23.6 Å². The van der Waals surface area contributed by atoms with Crippen molar-refractivity contribution in [3.63, 3.8) is 0 Å². The average molecular weight is 303 g/mol. The number of aromatic hydroxyl groups is 1. The van der Waals surface area contributed by atoms with Crippen LogP contribution < -0.4 is 5.32 Å². The molecule has 0 aliphatic heterocycles. The van der Waals surface area contributed by atoms with Gasteiger partial charge in [0.2, 0.25) is 0 Å². The van der Waals surface area contributed by atoms with Crippen LogP contribution in [0.15, 0.2) is 30.5 Å². The highest BCUT2D eigenvalue weighted by atomic mass is 16.5. The van der Waals surface area contributed by atoms with Gasteiger partial charge in [0.1, 0.15) is 0 Å². The summed E-state index contributed by atoms with van der Waals surface area (Å²) in [5, 5.41) is 16.7. The molecule has 2 N–H and O–H groups in total. The van der Waals surface area contributed by atoms with Crippen molar-refractivity contribution in [3.8, 4) is 11.4 Å². The van der Waals surface area contributed by atoms with Gasteiger partial charge in [-0.2, -0.15) is 5.10 Å². The van der Waals surface area contributed by atoms with Crippen molar-refractivity contribution in [3.05, 3.63) is 41.7 Å². The minimum atomic E-state index is -0.423. The summed E-state index contributed by atoms with van der Waals surface area (Å²) in [5.74, 6) is -0.181. The van der Waals surface area contributed by atoms with Gasteiger partial charge in [-0.15, -0.1) is 0 Å². The zero-order valence-corrected chi connectivity index (χ0v) is 13.0. The molecule has 2 aromatic rings. The van der Waals surface area contributed by atoms with Crippen molar-refractivity contribution in [1.29, 1.82) is 0 Å². The average Bonchev–Trinajstić information content (AvgIpc) is 2.89. The Morgan fingerprint density at radius 1 is 1.45 bits per heavy atom. The Labute approximate surface area is 129 Å². The van der Waals surface area contributed by atoms with E-state index in [1.54, 1.807) is 7.11 Å². The molecule has 1 aromatic carbocycles. The number of methoxy groups -OCH3 is 1. The van der Waals surface area contributed by atoms with E-state index in [0.717, 1.165) is 5.69 Å². The Bertz CT molecular complexity index is 650. The van der Waals surface area contributed by atoms with E-state index < -0.39 is 5.91 Å². The zero-order chi connectivity index (χ0) is 16.1. The lowest BCUT2D eigenvalue weighted by Gasteiger charge is -2.07. The van der Waals surface area contributed by atoms with Crippen LogP contribution in [0.4, 0.5) is 0 Å². The third kappa shape index (κ3) is 3.65. The van der Waals surface area contributed by atoms with Gasteiger partial charge < -0.3 is 15.2 Å². The van der Waals surface area contributed by atoms with Crippen molar-refractivity contribution in [2.75, 3.05) is 20.3 Å². The fourth-order valence-corrected chi connectivity index (χ4v) is 2.04. The summed E-state index contributed by atoms with van der Waals surface area (Å²) in [7, 11) is 1.56. The number of benzene rings is 1. The van der Waals surface area contributed by atoms with Gasteiger partial charge in [0, 0.05) is 13.7 Å². The third-order valence-electron chi connectivity index (χ3n) is 3.30. The maximum atomic E-state index is 12.0. The lowest BCUT2D eigenvalue weighted by Crippen LogP contribution is -2.27. The summed E-state index contributed by atoms with van der Waals surface area (Å²) in [6.45, 7) is 4.98. The lowest BCUT2D eigenvalue weighted by atomic mass is 10.0. The largest absolute Gasteiger partial charge is 0.504 e. The predicted octanol–water partition coefficient (Wildman–Crippen LogP) is 2.08. The number of ether oxygens (including phenoxy) is 1. The molecule has 0 saturated carbocycles. The topological polar surface area (TPSA) is 76.4 Å². The number of aromatic nitrogens is 2. The summed E-state index contributed by atoms with van der Waals surface area (Å²) in [6.07, 6.45) is 1.44. The first kappa shape index (κ1) is 16.0. The second-order valence-corrected chi connectivity index (χ2v) is 5.31. The van der Waals surface area contributed by atoms with E-state index in [1.165, 1.54) is 16.4 Å².